The van der Waals surface area contributed by atoms with Crippen molar-refractivity contribution in [2.75, 3.05) is 14.2 Å². The first-order valence-corrected chi connectivity index (χ1v) is 13.3. The Balaban J connectivity index is 1.72. The number of nitrogens with one attached hydrogen (secondary N) is 1. The number of amides is 1. The highest BCUT2D eigenvalue weighted by molar-refractivity contribution is 7.89. The minimum atomic E-state index is -4.12. The van der Waals surface area contributed by atoms with Crippen LogP contribution in [-0.4, -0.2) is 33.5 Å². The van der Waals surface area contributed by atoms with Gasteiger partial charge in [0.05, 0.1) is 32.9 Å². The molecule has 1 aliphatic carbocycles. The van der Waals surface area contributed by atoms with Crippen molar-refractivity contribution in [2.24, 2.45) is 5.14 Å². The Bertz CT molecular complexity index is 1570. The fraction of sp³-hybridized carbons (Fsp3) is 0.214. The van der Waals surface area contributed by atoms with Crippen molar-refractivity contribution < 1.29 is 27.1 Å². The van der Waals surface area contributed by atoms with Gasteiger partial charge in [-0.2, -0.15) is 0 Å². The van der Waals surface area contributed by atoms with Crippen LogP contribution in [0, 0.1) is 12.7 Å². The molecule has 3 aromatic rings. The molecule has 0 bridgehead atoms. The van der Waals surface area contributed by atoms with E-state index in [0.29, 0.717) is 16.7 Å². The van der Waals surface area contributed by atoms with E-state index in [0.717, 1.165) is 28.1 Å². The van der Waals surface area contributed by atoms with E-state index in [4.69, 9.17) is 14.6 Å². The molecule has 38 heavy (non-hydrogen) atoms. The van der Waals surface area contributed by atoms with Crippen molar-refractivity contribution in [3.8, 4) is 11.5 Å². The summed E-state index contributed by atoms with van der Waals surface area (Å²) in [6.45, 7) is 4.02. The standard InChI is InChI=1S/C28H28FN3O5S/c1-16-6-5-7-20(32-16)15-31-27(33)14-23-17(2)22(21-9-8-19(29)13-24(21)23)10-18-11-25(36-3)28(38(30,34)35)26(12-18)37-4/h5-13H,14-15H2,1-4H3,(H,31,33)(H2,30,34,35). The number of hydrogen-bond acceptors (Lipinski definition) is 6. The lowest BCUT2D eigenvalue weighted by Crippen LogP contribution is -2.23. The van der Waals surface area contributed by atoms with E-state index in [1.807, 2.05) is 38.1 Å². The molecular formula is C28H28FN3O5S. The zero-order chi connectivity index (χ0) is 27.6. The van der Waals surface area contributed by atoms with E-state index in [1.54, 1.807) is 6.07 Å². The summed E-state index contributed by atoms with van der Waals surface area (Å²) in [5.41, 5.74) is 5.80. The number of methoxy groups -OCH3 is 2. The zero-order valence-electron chi connectivity index (χ0n) is 21.5. The summed E-state index contributed by atoms with van der Waals surface area (Å²) >= 11 is 0. The Hall–Kier alpha value is -4.02. The number of primary sulfonamides is 1. The zero-order valence-corrected chi connectivity index (χ0v) is 22.3. The van der Waals surface area contributed by atoms with Crippen LogP contribution in [0.1, 0.15) is 41.4 Å². The number of halogens is 1. The van der Waals surface area contributed by atoms with Gasteiger partial charge in [-0.15, -0.1) is 0 Å². The van der Waals surface area contributed by atoms with E-state index in [-0.39, 0.29) is 35.3 Å². The molecular weight excluding hydrogens is 509 g/mol. The summed E-state index contributed by atoms with van der Waals surface area (Å²) < 4.78 is 49.1. The van der Waals surface area contributed by atoms with Gasteiger partial charge in [-0.1, -0.05) is 12.1 Å². The summed E-state index contributed by atoms with van der Waals surface area (Å²) in [5.74, 6) is -0.579. The first kappa shape index (κ1) is 27.0. The van der Waals surface area contributed by atoms with Gasteiger partial charge >= 0.3 is 0 Å². The van der Waals surface area contributed by atoms with Gasteiger partial charge in [0.25, 0.3) is 0 Å². The lowest BCUT2D eigenvalue weighted by molar-refractivity contribution is -0.120. The van der Waals surface area contributed by atoms with Crippen LogP contribution in [0.5, 0.6) is 11.5 Å². The summed E-state index contributed by atoms with van der Waals surface area (Å²) in [7, 11) is -1.45. The van der Waals surface area contributed by atoms with Crippen molar-refractivity contribution in [1.82, 2.24) is 10.3 Å². The van der Waals surface area contributed by atoms with Gasteiger partial charge in [0.15, 0.2) is 4.90 Å². The van der Waals surface area contributed by atoms with Gasteiger partial charge in [0.2, 0.25) is 15.9 Å². The molecule has 1 aromatic heterocycles. The summed E-state index contributed by atoms with van der Waals surface area (Å²) in [4.78, 5) is 17.0. The van der Waals surface area contributed by atoms with Crippen LogP contribution in [0.15, 0.2) is 59.0 Å². The molecule has 0 unspecified atom stereocenters. The first-order valence-electron chi connectivity index (χ1n) is 11.7. The molecule has 10 heteroatoms. The monoisotopic (exact) mass is 537 g/mol. The van der Waals surface area contributed by atoms with E-state index in [9.17, 15) is 17.6 Å². The van der Waals surface area contributed by atoms with Gasteiger partial charge in [-0.3, -0.25) is 9.78 Å². The van der Waals surface area contributed by atoms with E-state index in [2.05, 4.69) is 10.3 Å². The second-order valence-electron chi connectivity index (χ2n) is 8.87. The van der Waals surface area contributed by atoms with E-state index < -0.39 is 15.8 Å². The Morgan fingerprint density at radius 3 is 2.34 bits per heavy atom. The Morgan fingerprint density at radius 2 is 1.74 bits per heavy atom. The molecule has 0 radical (unpaired) electrons. The number of fused-ring (bicyclic) bond motifs is 1. The number of carbonyl (C=O) groups is 1. The number of pyridine rings is 1. The maximum atomic E-state index is 14.3. The number of rotatable bonds is 8. The van der Waals surface area contributed by atoms with Gasteiger partial charge in [0, 0.05) is 5.69 Å². The minimum absolute atomic E-state index is 0.0296. The fourth-order valence-corrected chi connectivity index (χ4v) is 5.37. The smallest absolute Gasteiger partial charge is 0.245 e. The second-order valence-corrected chi connectivity index (χ2v) is 10.4. The number of aromatic nitrogens is 1. The summed E-state index contributed by atoms with van der Waals surface area (Å²) in [6, 6.07) is 13.1. The first-order chi connectivity index (χ1) is 18.0. The Morgan fingerprint density at radius 1 is 1.05 bits per heavy atom. The number of nitrogens with two attached hydrogens (primary N) is 1. The molecule has 0 spiro atoms. The molecule has 1 heterocycles. The third-order valence-corrected chi connectivity index (χ3v) is 7.25. The van der Waals surface area contributed by atoms with Crippen LogP contribution in [-0.2, 0) is 21.4 Å². The molecule has 2 aromatic carbocycles. The molecule has 0 fully saturated rings. The van der Waals surface area contributed by atoms with Crippen LogP contribution >= 0.6 is 0 Å². The normalized spacial score (nSPS) is 14.0. The highest BCUT2D eigenvalue weighted by Gasteiger charge is 2.27. The topological polar surface area (TPSA) is 121 Å². The quantitative estimate of drug-likeness (QED) is 0.444. The lowest BCUT2D eigenvalue weighted by Gasteiger charge is -2.13. The molecule has 0 saturated heterocycles. The van der Waals surface area contributed by atoms with Crippen molar-refractivity contribution in [3.63, 3.8) is 0 Å². The molecule has 0 saturated carbocycles. The summed E-state index contributed by atoms with van der Waals surface area (Å²) in [5, 5.41) is 8.25. The lowest BCUT2D eigenvalue weighted by atomic mass is 10.0. The predicted molar refractivity (Wildman–Crippen MR) is 143 cm³/mol. The third-order valence-electron chi connectivity index (χ3n) is 6.28. The molecule has 198 valence electrons. The van der Waals surface area contributed by atoms with Crippen molar-refractivity contribution in [2.45, 2.75) is 31.7 Å². The fourth-order valence-electron chi connectivity index (χ4n) is 4.52. The minimum Gasteiger partial charge on any atom is -0.495 e. The molecule has 0 aliphatic heterocycles. The molecule has 3 N–H and O–H groups in total. The van der Waals surface area contributed by atoms with Crippen LogP contribution in [0.3, 0.4) is 0 Å². The van der Waals surface area contributed by atoms with E-state index >= 15 is 0 Å². The predicted octanol–water partition coefficient (Wildman–Crippen LogP) is 4.23. The average molecular weight is 538 g/mol. The maximum absolute atomic E-state index is 14.3. The Kier molecular flexibility index (Phi) is 7.66. The van der Waals surface area contributed by atoms with Crippen LogP contribution < -0.4 is 19.9 Å². The van der Waals surface area contributed by atoms with Crippen molar-refractivity contribution in [3.05, 3.63) is 88.0 Å². The van der Waals surface area contributed by atoms with Crippen LogP contribution in [0.25, 0.3) is 17.2 Å². The molecule has 4 rings (SSSR count). The van der Waals surface area contributed by atoms with Gasteiger partial charge < -0.3 is 14.8 Å². The number of carbonyl (C=O) groups excluding carboxylic acids is 1. The second kappa shape index (κ2) is 10.8. The van der Waals surface area contributed by atoms with Gasteiger partial charge in [0.1, 0.15) is 17.3 Å². The van der Waals surface area contributed by atoms with E-state index in [1.165, 1.54) is 38.5 Å². The number of benzene rings is 2. The average Bonchev–Trinajstić information content (AvgIpc) is 3.11. The van der Waals surface area contributed by atoms with Crippen molar-refractivity contribution in [1.29, 1.82) is 0 Å². The number of aryl methyl sites for hydroxylation is 1. The van der Waals surface area contributed by atoms with Crippen LogP contribution in [0.2, 0.25) is 0 Å². The van der Waals surface area contributed by atoms with Crippen molar-refractivity contribution >= 4 is 33.2 Å². The van der Waals surface area contributed by atoms with Gasteiger partial charge in [-0.25, -0.2) is 17.9 Å². The molecule has 1 aliphatic rings. The number of sulfonamides is 1. The molecule has 0 atom stereocenters. The largest absolute Gasteiger partial charge is 0.495 e. The number of nitrogens with zero attached hydrogens (tertiary/aromatic N) is 1. The number of hydrogen-bond donors (Lipinski definition) is 2. The molecule has 8 nitrogen and oxygen atoms in total. The number of allylic oxidation sites excluding steroid dienone is 2. The molecule has 1 amide bonds. The third kappa shape index (κ3) is 5.61. The summed E-state index contributed by atoms with van der Waals surface area (Å²) in [6.07, 6.45) is 1.86. The highest BCUT2D eigenvalue weighted by atomic mass is 32.2. The van der Waals surface area contributed by atoms with Gasteiger partial charge in [-0.05, 0) is 89.7 Å². The Labute approximate surface area is 221 Å². The van der Waals surface area contributed by atoms with Crippen LogP contribution in [0.4, 0.5) is 4.39 Å². The number of ether oxygens (including phenoxy) is 2. The maximum Gasteiger partial charge on any atom is 0.245 e. The highest BCUT2D eigenvalue weighted by Crippen LogP contribution is 2.44. The SMILES string of the molecule is COc1cc(C=C2C(C)=C(CC(=O)NCc3cccc(C)n3)c3cc(F)ccc32)cc(OC)c1S(N)(=O)=O.